The highest BCUT2D eigenvalue weighted by Crippen LogP contribution is 2.38. The van der Waals surface area contributed by atoms with Gasteiger partial charge in [-0.25, -0.2) is 4.98 Å². The monoisotopic (exact) mass is 381 g/mol. The van der Waals surface area contributed by atoms with Crippen LogP contribution in [-0.4, -0.2) is 34.9 Å². The highest BCUT2D eigenvalue weighted by Gasteiger charge is 2.42. The molecule has 1 aliphatic heterocycles. The zero-order chi connectivity index (χ0) is 16.8. The molecule has 1 aliphatic carbocycles. The molecular formula is C17H17Cl2N3OS. The molecule has 1 aromatic heterocycles. The maximum absolute atomic E-state index is 12.7. The van der Waals surface area contributed by atoms with Gasteiger partial charge in [0.25, 0.3) is 5.91 Å². The lowest BCUT2D eigenvalue weighted by molar-refractivity contribution is 0.0774. The van der Waals surface area contributed by atoms with Crippen molar-refractivity contribution in [2.24, 2.45) is 17.6 Å². The fraction of sp³-hybridized carbons (Fsp3) is 0.412. The van der Waals surface area contributed by atoms with Crippen LogP contribution in [-0.2, 0) is 0 Å². The summed E-state index contributed by atoms with van der Waals surface area (Å²) >= 11 is 13.6. The first-order valence-corrected chi connectivity index (χ1v) is 9.62. The lowest BCUT2D eigenvalue weighted by Gasteiger charge is -2.17. The fourth-order valence-corrected chi connectivity index (χ4v) is 5.18. The third kappa shape index (κ3) is 2.84. The predicted octanol–water partition coefficient (Wildman–Crippen LogP) is 3.93. The molecule has 2 aromatic rings. The quantitative estimate of drug-likeness (QED) is 0.856. The van der Waals surface area contributed by atoms with Crippen molar-refractivity contribution in [1.29, 1.82) is 0 Å². The maximum atomic E-state index is 12.7. The molecule has 2 N–H and O–H groups in total. The Morgan fingerprint density at radius 1 is 1.29 bits per heavy atom. The van der Waals surface area contributed by atoms with Gasteiger partial charge in [0.2, 0.25) is 0 Å². The van der Waals surface area contributed by atoms with E-state index in [-0.39, 0.29) is 11.9 Å². The molecule has 2 fully saturated rings. The van der Waals surface area contributed by atoms with E-state index in [0.717, 1.165) is 36.5 Å². The number of nitrogens with two attached hydrogens (primary N) is 1. The Kier molecular flexibility index (Phi) is 4.29. The smallest absolute Gasteiger partial charge is 0.273 e. The van der Waals surface area contributed by atoms with E-state index in [1.807, 2.05) is 11.0 Å². The van der Waals surface area contributed by atoms with Crippen LogP contribution in [0.3, 0.4) is 0 Å². The molecule has 4 rings (SSSR count). The Balaban J connectivity index is 1.54. The number of amides is 1. The molecule has 2 heterocycles. The molecule has 1 amide bonds. The van der Waals surface area contributed by atoms with Crippen LogP contribution in [0.4, 0.5) is 0 Å². The van der Waals surface area contributed by atoms with Crippen molar-refractivity contribution in [1.82, 2.24) is 9.88 Å². The largest absolute Gasteiger partial charge is 0.337 e. The van der Waals surface area contributed by atoms with Crippen LogP contribution in [0.5, 0.6) is 0 Å². The molecule has 0 bridgehead atoms. The normalized spacial score (nSPS) is 26.0. The average Bonchev–Trinajstić information content (AvgIpc) is 3.24. The molecular weight excluding hydrogens is 365 g/mol. The summed E-state index contributed by atoms with van der Waals surface area (Å²) < 4.78 is 0. The van der Waals surface area contributed by atoms with Gasteiger partial charge >= 0.3 is 0 Å². The third-order valence-corrected chi connectivity index (χ3v) is 6.51. The van der Waals surface area contributed by atoms with E-state index in [0.29, 0.717) is 27.6 Å². The molecule has 3 unspecified atom stereocenters. The van der Waals surface area contributed by atoms with Crippen molar-refractivity contribution in [2.45, 2.75) is 18.9 Å². The first-order valence-electron chi connectivity index (χ1n) is 7.98. The summed E-state index contributed by atoms with van der Waals surface area (Å²) in [5, 5.41) is 3.65. The highest BCUT2D eigenvalue weighted by atomic mass is 35.5. The lowest BCUT2D eigenvalue weighted by atomic mass is 9.98. The summed E-state index contributed by atoms with van der Waals surface area (Å²) in [5.74, 6) is 0.981. The molecule has 126 valence electrons. The Morgan fingerprint density at radius 2 is 2.12 bits per heavy atom. The molecule has 1 aromatic carbocycles. The van der Waals surface area contributed by atoms with Crippen molar-refractivity contribution >= 4 is 40.4 Å². The summed E-state index contributed by atoms with van der Waals surface area (Å²) in [4.78, 5) is 19.1. The van der Waals surface area contributed by atoms with E-state index in [2.05, 4.69) is 4.98 Å². The van der Waals surface area contributed by atoms with Crippen molar-refractivity contribution in [3.8, 4) is 10.6 Å². The van der Waals surface area contributed by atoms with Gasteiger partial charge in [-0.3, -0.25) is 4.79 Å². The van der Waals surface area contributed by atoms with Crippen LogP contribution in [0.15, 0.2) is 23.6 Å². The Hall–Kier alpha value is -1.14. The molecule has 0 radical (unpaired) electrons. The number of halogens is 2. The fourth-order valence-electron chi connectivity index (χ4n) is 3.79. The number of benzene rings is 1. The molecule has 1 saturated heterocycles. The van der Waals surface area contributed by atoms with Crippen LogP contribution in [0.2, 0.25) is 10.0 Å². The standard InChI is InChI=1S/C17H17Cl2N3OS/c18-10-2-3-11(13(19)5-10)16-21-15(8-24-16)17(23)22-6-9-1-4-14(20)12(9)7-22/h2-3,5,8-9,12,14H,1,4,6-7,20H2. The molecule has 1 saturated carbocycles. The number of hydrogen-bond donors (Lipinski definition) is 1. The minimum Gasteiger partial charge on any atom is -0.337 e. The summed E-state index contributed by atoms with van der Waals surface area (Å²) in [6, 6.07) is 5.52. The van der Waals surface area contributed by atoms with Gasteiger partial charge in [-0.2, -0.15) is 0 Å². The van der Waals surface area contributed by atoms with Crippen LogP contribution in [0.1, 0.15) is 23.3 Å². The minimum atomic E-state index is -0.0100. The molecule has 3 atom stereocenters. The SMILES string of the molecule is NC1CCC2CN(C(=O)c3csc(-c4ccc(Cl)cc4Cl)n3)CC12. The number of rotatable bonds is 2. The van der Waals surface area contributed by atoms with Crippen molar-refractivity contribution in [3.05, 3.63) is 39.3 Å². The van der Waals surface area contributed by atoms with Gasteiger partial charge < -0.3 is 10.6 Å². The van der Waals surface area contributed by atoms with E-state index in [1.165, 1.54) is 11.3 Å². The van der Waals surface area contributed by atoms with Crippen LogP contribution in [0.25, 0.3) is 10.6 Å². The molecule has 24 heavy (non-hydrogen) atoms. The zero-order valence-electron chi connectivity index (χ0n) is 12.9. The van der Waals surface area contributed by atoms with E-state index >= 15 is 0 Å². The second kappa shape index (κ2) is 6.30. The number of aromatic nitrogens is 1. The van der Waals surface area contributed by atoms with Gasteiger partial charge in [0.15, 0.2) is 0 Å². The predicted molar refractivity (Wildman–Crippen MR) is 97.7 cm³/mol. The Bertz CT molecular complexity index is 794. The van der Waals surface area contributed by atoms with E-state index < -0.39 is 0 Å². The van der Waals surface area contributed by atoms with E-state index in [9.17, 15) is 4.79 Å². The van der Waals surface area contributed by atoms with E-state index in [4.69, 9.17) is 28.9 Å². The Morgan fingerprint density at radius 3 is 2.88 bits per heavy atom. The highest BCUT2D eigenvalue weighted by molar-refractivity contribution is 7.13. The molecule has 2 aliphatic rings. The van der Waals surface area contributed by atoms with Gasteiger partial charge in [0.05, 0.1) is 5.02 Å². The number of carbonyl (C=O) groups excluding carboxylic acids is 1. The maximum Gasteiger partial charge on any atom is 0.273 e. The first kappa shape index (κ1) is 16.3. The average molecular weight is 382 g/mol. The van der Waals surface area contributed by atoms with Gasteiger partial charge in [-0.15, -0.1) is 11.3 Å². The number of likely N-dealkylation sites (tertiary alicyclic amines) is 1. The van der Waals surface area contributed by atoms with Gasteiger partial charge in [-0.05, 0) is 42.9 Å². The summed E-state index contributed by atoms with van der Waals surface area (Å²) in [6.45, 7) is 1.55. The molecule has 0 spiro atoms. The van der Waals surface area contributed by atoms with Crippen molar-refractivity contribution < 1.29 is 4.79 Å². The lowest BCUT2D eigenvalue weighted by Crippen LogP contribution is -2.33. The van der Waals surface area contributed by atoms with Gasteiger partial charge in [-0.1, -0.05) is 23.2 Å². The number of fused-ring (bicyclic) bond motifs is 1. The third-order valence-electron chi connectivity index (χ3n) is 5.08. The van der Waals surface area contributed by atoms with Crippen LogP contribution in [0, 0.1) is 11.8 Å². The number of hydrogen-bond acceptors (Lipinski definition) is 4. The topological polar surface area (TPSA) is 59.2 Å². The summed E-state index contributed by atoms with van der Waals surface area (Å²) in [7, 11) is 0. The van der Waals surface area contributed by atoms with Gasteiger partial charge in [0, 0.05) is 35.1 Å². The minimum absolute atomic E-state index is 0.0100. The second-order valence-corrected chi connectivity index (χ2v) is 8.24. The first-order chi connectivity index (χ1) is 11.5. The van der Waals surface area contributed by atoms with Crippen LogP contribution < -0.4 is 5.73 Å². The molecule has 7 heteroatoms. The number of thiazole rings is 1. The zero-order valence-corrected chi connectivity index (χ0v) is 15.2. The summed E-state index contributed by atoms with van der Waals surface area (Å²) in [6.07, 6.45) is 2.20. The van der Waals surface area contributed by atoms with Gasteiger partial charge in [0.1, 0.15) is 10.7 Å². The second-order valence-electron chi connectivity index (χ2n) is 6.54. The van der Waals surface area contributed by atoms with Crippen LogP contribution >= 0.6 is 34.5 Å². The van der Waals surface area contributed by atoms with Crippen molar-refractivity contribution in [2.75, 3.05) is 13.1 Å². The Labute approximate surface area is 154 Å². The molecule has 4 nitrogen and oxygen atoms in total. The summed E-state index contributed by atoms with van der Waals surface area (Å²) in [5.41, 5.74) is 7.43. The number of carbonyl (C=O) groups is 1. The van der Waals surface area contributed by atoms with Crippen molar-refractivity contribution in [3.63, 3.8) is 0 Å². The number of nitrogens with zero attached hydrogens (tertiary/aromatic N) is 2. The van der Waals surface area contributed by atoms with E-state index in [1.54, 1.807) is 17.5 Å².